The Labute approximate surface area is 191 Å². The van der Waals surface area contributed by atoms with Crippen LogP contribution in [0, 0.1) is 0 Å². The van der Waals surface area contributed by atoms with Crippen LogP contribution in [0.3, 0.4) is 0 Å². The number of halogens is 1. The summed E-state index contributed by atoms with van der Waals surface area (Å²) in [5, 5.41) is 6.03. The number of hydrogen-bond donors (Lipinski definition) is 2. The maximum atomic E-state index is 13.0. The predicted octanol–water partition coefficient (Wildman–Crippen LogP) is 3.96. The molecular formula is C25H24ClN3O3. The molecule has 0 aliphatic rings. The first kappa shape index (κ1) is 23.0. The fraction of sp³-hybridized carbons (Fsp3) is 0.160. The van der Waals surface area contributed by atoms with Gasteiger partial charge in [0.25, 0.3) is 11.8 Å². The topological polar surface area (TPSA) is 80.2 Å². The summed E-state index contributed by atoms with van der Waals surface area (Å²) in [6, 6.07) is 16.3. The average Bonchev–Trinajstić information content (AvgIpc) is 2.79. The van der Waals surface area contributed by atoms with Crippen molar-refractivity contribution in [1.82, 2.24) is 15.2 Å². The Morgan fingerprint density at radius 2 is 1.66 bits per heavy atom. The van der Waals surface area contributed by atoms with Crippen LogP contribution in [0.15, 0.2) is 84.4 Å². The molecule has 0 aliphatic carbocycles. The molecule has 2 N–H and O–H groups in total. The Balaban J connectivity index is 1.94. The summed E-state index contributed by atoms with van der Waals surface area (Å²) < 4.78 is 1.67. The number of carbonyl (C=O) groups is 2. The summed E-state index contributed by atoms with van der Waals surface area (Å²) in [4.78, 5) is 38.6. The number of carbonyl (C=O) groups excluding carboxylic acids is 2. The van der Waals surface area contributed by atoms with E-state index in [0.29, 0.717) is 11.6 Å². The molecule has 0 spiro atoms. The van der Waals surface area contributed by atoms with Crippen LogP contribution >= 0.6 is 11.6 Å². The van der Waals surface area contributed by atoms with E-state index in [2.05, 4.69) is 17.2 Å². The monoisotopic (exact) mass is 449 g/mol. The van der Waals surface area contributed by atoms with Crippen molar-refractivity contribution in [1.29, 1.82) is 0 Å². The van der Waals surface area contributed by atoms with E-state index in [0.717, 1.165) is 11.1 Å². The highest BCUT2D eigenvalue weighted by Gasteiger charge is 2.21. The van der Waals surface area contributed by atoms with Gasteiger partial charge in [0.15, 0.2) is 0 Å². The van der Waals surface area contributed by atoms with Gasteiger partial charge >= 0.3 is 0 Å². The molecule has 0 unspecified atom stereocenters. The second kappa shape index (κ2) is 10.6. The molecule has 164 valence electrons. The number of nitrogens with one attached hydrogen (secondary N) is 2. The molecule has 7 heteroatoms. The van der Waals surface area contributed by atoms with Crippen LogP contribution in [-0.2, 0) is 6.54 Å². The zero-order valence-corrected chi connectivity index (χ0v) is 18.4. The van der Waals surface area contributed by atoms with Crippen LogP contribution < -0.4 is 16.1 Å². The molecule has 0 saturated heterocycles. The Kier molecular flexibility index (Phi) is 7.63. The maximum Gasteiger partial charge on any atom is 0.257 e. The molecule has 3 rings (SSSR count). The SMILES string of the molecule is C=CCNC(=O)c1cn(Cc2ccccc2)cc(C(=O)N[C@@H](C)c2ccc(Cl)cc2)c1=O. The second-order valence-electron chi connectivity index (χ2n) is 7.32. The molecule has 3 aromatic rings. The Morgan fingerprint density at radius 1 is 1.03 bits per heavy atom. The second-order valence-corrected chi connectivity index (χ2v) is 7.75. The highest BCUT2D eigenvalue weighted by molar-refractivity contribution is 6.30. The molecule has 6 nitrogen and oxygen atoms in total. The van der Waals surface area contributed by atoms with Gasteiger partial charge < -0.3 is 15.2 Å². The normalized spacial score (nSPS) is 11.4. The summed E-state index contributed by atoms with van der Waals surface area (Å²) in [7, 11) is 0. The first-order valence-electron chi connectivity index (χ1n) is 10.1. The molecule has 1 heterocycles. The maximum absolute atomic E-state index is 13.0. The van der Waals surface area contributed by atoms with Crippen LogP contribution in [-0.4, -0.2) is 22.9 Å². The summed E-state index contributed by atoms with van der Waals surface area (Å²) in [5.74, 6) is -1.12. The van der Waals surface area contributed by atoms with E-state index in [9.17, 15) is 14.4 Å². The van der Waals surface area contributed by atoms with Crippen LogP contribution in [0.2, 0.25) is 5.02 Å². The molecule has 32 heavy (non-hydrogen) atoms. The lowest BCUT2D eigenvalue weighted by molar-refractivity contribution is 0.0938. The molecule has 0 saturated carbocycles. The van der Waals surface area contributed by atoms with E-state index < -0.39 is 17.2 Å². The molecule has 1 atom stereocenters. The molecular weight excluding hydrogens is 426 g/mol. The minimum atomic E-state index is -0.628. The lowest BCUT2D eigenvalue weighted by Gasteiger charge is -2.16. The standard InChI is InChI=1S/C25H24ClN3O3/c1-3-13-27-24(31)21-15-29(14-18-7-5-4-6-8-18)16-22(23(21)30)25(32)28-17(2)19-9-11-20(26)12-10-19/h3-12,15-17H,1,13-14H2,2H3,(H,27,31)(H,28,32)/t17-/m0/s1. The van der Waals surface area contributed by atoms with Crippen LogP contribution in [0.1, 0.15) is 44.8 Å². The number of nitrogens with zero attached hydrogens (tertiary/aromatic N) is 1. The van der Waals surface area contributed by atoms with E-state index >= 15 is 0 Å². The fourth-order valence-corrected chi connectivity index (χ4v) is 3.34. The third kappa shape index (κ3) is 5.74. The smallest absolute Gasteiger partial charge is 0.257 e. The zero-order chi connectivity index (χ0) is 23.1. The van der Waals surface area contributed by atoms with Gasteiger partial charge in [0.2, 0.25) is 5.43 Å². The summed E-state index contributed by atoms with van der Waals surface area (Å²) in [6.45, 7) is 5.98. The van der Waals surface area contributed by atoms with Crippen LogP contribution in [0.5, 0.6) is 0 Å². The van der Waals surface area contributed by atoms with Gasteiger partial charge in [-0.25, -0.2) is 0 Å². The number of hydrogen-bond acceptors (Lipinski definition) is 3. The fourth-order valence-electron chi connectivity index (χ4n) is 3.21. The summed E-state index contributed by atoms with van der Waals surface area (Å²) in [5.41, 5.74) is 0.973. The molecule has 0 aliphatic heterocycles. The number of amides is 2. The van der Waals surface area contributed by atoms with Gasteiger partial charge in [-0.15, -0.1) is 6.58 Å². The molecule has 2 aromatic carbocycles. The first-order valence-corrected chi connectivity index (χ1v) is 10.5. The van der Waals surface area contributed by atoms with Crippen molar-refractivity contribution in [2.24, 2.45) is 0 Å². The van der Waals surface area contributed by atoms with Crippen molar-refractivity contribution in [3.05, 3.63) is 117 Å². The number of rotatable bonds is 8. The third-order valence-corrected chi connectivity index (χ3v) is 5.15. The molecule has 0 radical (unpaired) electrons. The molecule has 1 aromatic heterocycles. The van der Waals surface area contributed by atoms with E-state index in [-0.39, 0.29) is 23.7 Å². The van der Waals surface area contributed by atoms with Gasteiger partial charge in [-0.1, -0.05) is 60.1 Å². The Morgan fingerprint density at radius 3 is 2.28 bits per heavy atom. The first-order chi connectivity index (χ1) is 15.4. The third-order valence-electron chi connectivity index (χ3n) is 4.90. The van der Waals surface area contributed by atoms with Crippen LogP contribution in [0.4, 0.5) is 0 Å². The van der Waals surface area contributed by atoms with E-state index in [1.807, 2.05) is 37.3 Å². The van der Waals surface area contributed by atoms with Crippen LogP contribution in [0.25, 0.3) is 0 Å². The van der Waals surface area contributed by atoms with Crippen molar-refractivity contribution in [2.75, 3.05) is 6.54 Å². The lowest BCUT2D eigenvalue weighted by Crippen LogP contribution is -2.36. The zero-order valence-electron chi connectivity index (χ0n) is 17.7. The van der Waals surface area contributed by atoms with E-state index in [1.54, 1.807) is 28.8 Å². The Hall–Kier alpha value is -3.64. The average molecular weight is 450 g/mol. The molecule has 2 amide bonds. The van der Waals surface area contributed by atoms with Gasteiger partial charge in [-0.05, 0) is 30.2 Å². The summed E-state index contributed by atoms with van der Waals surface area (Å²) in [6.07, 6.45) is 4.46. The van der Waals surface area contributed by atoms with Crippen molar-refractivity contribution in [2.45, 2.75) is 19.5 Å². The van der Waals surface area contributed by atoms with Crippen molar-refractivity contribution in [3.8, 4) is 0 Å². The van der Waals surface area contributed by atoms with Gasteiger partial charge in [-0.3, -0.25) is 14.4 Å². The number of pyridine rings is 1. The highest BCUT2D eigenvalue weighted by Crippen LogP contribution is 2.16. The minimum absolute atomic E-state index is 0.102. The predicted molar refractivity (Wildman–Crippen MR) is 126 cm³/mol. The quantitative estimate of drug-likeness (QED) is 0.511. The minimum Gasteiger partial charge on any atom is -0.348 e. The Bertz CT molecular complexity index is 1170. The van der Waals surface area contributed by atoms with Gasteiger partial charge in [0.05, 0.1) is 6.04 Å². The highest BCUT2D eigenvalue weighted by atomic mass is 35.5. The van der Waals surface area contributed by atoms with Crippen molar-refractivity contribution < 1.29 is 9.59 Å². The van der Waals surface area contributed by atoms with Crippen molar-refractivity contribution in [3.63, 3.8) is 0 Å². The lowest BCUT2D eigenvalue weighted by atomic mass is 10.1. The summed E-state index contributed by atoms with van der Waals surface area (Å²) >= 11 is 5.93. The van der Waals surface area contributed by atoms with Gasteiger partial charge in [-0.2, -0.15) is 0 Å². The van der Waals surface area contributed by atoms with Gasteiger partial charge in [0, 0.05) is 30.5 Å². The van der Waals surface area contributed by atoms with Gasteiger partial charge in [0.1, 0.15) is 11.1 Å². The number of aromatic nitrogens is 1. The molecule has 0 bridgehead atoms. The largest absolute Gasteiger partial charge is 0.348 e. The van der Waals surface area contributed by atoms with E-state index in [1.165, 1.54) is 18.5 Å². The number of benzene rings is 2. The van der Waals surface area contributed by atoms with E-state index in [4.69, 9.17) is 11.6 Å². The molecule has 0 fully saturated rings. The van der Waals surface area contributed by atoms with Crippen molar-refractivity contribution >= 4 is 23.4 Å².